The topological polar surface area (TPSA) is 108 Å². The summed E-state index contributed by atoms with van der Waals surface area (Å²) in [5.74, 6) is 0.522. The highest BCUT2D eigenvalue weighted by atomic mass is 19.4. The Bertz CT molecular complexity index is 1320. The molecule has 3 N–H and O–H groups in total. The molecule has 0 aliphatic carbocycles. The van der Waals surface area contributed by atoms with E-state index in [2.05, 4.69) is 15.0 Å². The summed E-state index contributed by atoms with van der Waals surface area (Å²) in [5.41, 5.74) is 7.46. The van der Waals surface area contributed by atoms with Crippen molar-refractivity contribution in [2.45, 2.75) is 31.3 Å². The van der Waals surface area contributed by atoms with Gasteiger partial charge in [0.2, 0.25) is 0 Å². The number of hydrogen-bond acceptors (Lipinski definition) is 7. The maximum atomic E-state index is 12.8. The van der Waals surface area contributed by atoms with Crippen LogP contribution in [0.4, 0.5) is 19.0 Å². The van der Waals surface area contributed by atoms with Crippen molar-refractivity contribution in [2.75, 3.05) is 12.3 Å². The van der Waals surface area contributed by atoms with Gasteiger partial charge in [-0.3, -0.25) is 4.57 Å². The Morgan fingerprint density at radius 2 is 1.88 bits per heavy atom. The fourth-order valence-corrected chi connectivity index (χ4v) is 3.90. The van der Waals surface area contributed by atoms with E-state index in [0.29, 0.717) is 40.9 Å². The highest BCUT2D eigenvalue weighted by Crippen LogP contribution is 2.34. The third kappa shape index (κ3) is 4.27. The third-order valence-electron chi connectivity index (χ3n) is 5.62. The van der Waals surface area contributed by atoms with Crippen molar-refractivity contribution < 1.29 is 27.8 Å². The zero-order valence-corrected chi connectivity index (χ0v) is 17.7. The van der Waals surface area contributed by atoms with Crippen LogP contribution < -0.4 is 10.5 Å². The smallest absolute Gasteiger partial charge is 0.416 e. The van der Waals surface area contributed by atoms with Crippen molar-refractivity contribution in [3.05, 3.63) is 60.4 Å². The van der Waals surface area contributed by atoms with Crippen molar-refractivity contribution in [3.8, 4) is 22.9 Å². The SMILES string of the molecule is Nc1nc(Oc2cccc(-c3ccc(C(F)(F)F)cc3)c2)nc2c1ncn2C1CCC(CO)O1. The number of aliphatic hydroxyl groups is 1. The molecule has 176 valence electrons. The van der Waals surface area contributed by atoms with Crippen LogP contribution in [0.3, 0.4) is 0 Å². The van der Waals surface area contributed by atoms with Crippen molar-refractivity contribution in [3.63, 3.8) is 0 Å². The first-order valence-corrected chi connectivity index (χ1v) is 10.5. The van der Waals surface area contributed by atoms with Gasteiger partial charge in [0.25, 0.3) is 0 Å². The van der Waals surface area contributed by atoms with Crippen LogP contribution in [-0.4, -0.2) is 37.3 Å². The lowest BCUT2D eigenvalue weighted by Gasteiger charge is -2.14. The lowest BCUT2D eigenvalue weighted by atomic mass is 10.0. The lowest BCUT2D eigenvalue weighted by Crippen LogP contribution is -2.14. The molecular weight excluding hydrogens is 451 g/mol. The number of nitrogen functional groups attached to an aromatic ring is 1. The summed E-state index contributed by atoms with van der Waals surface area (Å²) in [5, 5.41) is 9.34. The summed E-state index contributed by atoms with van der Waals surface area (Å²) in [6.07, 6.45) is -2.02. The number of rotatable bonds is 5. The first-order chi connectivity index (χ1) is 16.3. The second-order valence-corrected chi connectivity index (χ2v) is 7.89. The zero-order chi connectivity index (χ0) is 23.9. The molecule has 5 rings (SSSR count). The molecule has 4 aromatic rings. The van der Waals surface area contributed by atoms with Crippen LogP contribution in [0.1, 0.15) is 24.6 Å². The van der Waals surface area contributed by atoms with Gasteiger partial charge in [0, 0.05) is 0 Å². The van der Waals surface area contributed by atoms with Gasteiger partial charge in [-0.05, 0) is 48.2 Å². The number of nitrogens with two attached hydrogens (primary N) is 1. The molecule has 2 unspecified atom stereocenters. The summed E-state index contributed by atoms with van der Waals surface area (Å²) in [7, 11) is 0. The quantitative estimate of drug-likeness (QED) is 0.439. The molecule has 8 nitrogen and oxygen atoms in total. The summed E-state index contributed by atoms with van der Waals surface area (Å²) < 4.78 is 51.9. The number of alkyl halides is 3. The minimum atomic E-state index is -4.39. The average Bonchev–Trinajstić information content (AvgIpc) is 3.46. The number of ether oxygens (including phenoxy) is 2. The average molecular weight is 471 g/mol. The summed E-state index contributed by atoms with van der Waals surface area (Å²) in [6.45, 7) is -0.0656. The third-order valence-corrected chi connectivity index (χ3v) is 5.62. The highest BCUT2D eigenvalue weighted by molar-refractivity contribution is 5.82. The van der Waals surface area contributed by atoms with E-state index in [9.17, 15) is 18.3 Å². The molecular formula is C23H20F3N5O3. The number of anilines is 1. The van der Waals surface area contributed by atoms with E-state index in [1.807, 2.05) is 0 Å². The van der Waals surface area contributed by atoms with E-state index >= 15 is 0 Å². The Hall–Kier alpha value is -3.70. The molecule has 3 heterocycles. The summed E-state index contributed by atoms with van der Waals surface area (Å²) in [4.78, 5) is 12.9. The van der Waals surface area contributed by atoms with Crippen LogP contribution in [0.2, 0.25) is 0 Å². The number of imidazole rings is 1. The van der Waals surface area contributed by atoms with Crippen LogP contribution in [0, 0.1) is 0 Å². The first kappa shape index (κ1) is 22.1. The van der Waals surface area contributed by atoms with Crippen LogP contribution in [0.15, 0.2) is 54.9 Å². The molecule has 2 aromatic heterocycles. The van der Waals surface area contributed by atoms with Crippen molar-refractivity contribution in [2.24, 2.45) is 0 Å². The Kier molecular flexibility index (Phi) is 5.58. The normalized spacial score (nSPS) is 18.5. The van der Waals surface area contributed by atoms with E-state index < -0.39 is 11.7 Å². The second-order valence-electron chi connectivity index (χ2n) is 7.89. The van der Waals surface area contributed by atoms with Gasteiger partial charge in [-0.2, -0.15) is 23.1 Å². The van der Waals surface area contributed by atoms with Gasteiger partial charge in [0.15, 0.2) is 17.0 Å². The largest absolute Gasteiger partial charge is 0.424 e. The van der Waals surface area contributed by atoms with Crippen LogP contribution in [0.25, 0.3) is 22.3 Å². The molecule has 1 aliphatic rings. The predicted octanol–water partition coefficient (Wildman–Crippen LogP) is 4.56. The van der Waals surface area contributed by atoms with Gasteiger partial charge < -0.3 is 20.3 Å². The van der Waals surface area contributed by atoms with Gasteiger partial charge in [-0.25, -0.2) is 4.98 Å². The van der Waals surface area contributed by atoms with E-state index in [-0.39, 0.29) is 30.8 Å². The molecule has 0 amide bonds. The molecule has 2 atom stereocenters. The van der Waals surface area contributed by atoms with Crippen LogP contribution in [0.5, 0.6) is 11.8 Å². The van der Waals surface area contributed by atoms with Gasteiger partial charge in [-0.1, -0.05) is 24.3 Å². The zero-order valence-electron chi connectivity index (χ0n) is 17.7. The number of hydrogen-bond donors (Lipinski definition) is 2. The van der Waals surface area contributed by atoms with E-state index in [1.165, 1.54) is 12.1 Å². The van der Waals surface area contributed by atoms with Crippen molar-refractivity contribution in [1.82, 2.24) is 19.5 Å². The van der Waals surface area contributed by atoms with Gasteiger partial charge in [0.05, 0.1) is 24.6 Å². The van der Waals surface area contributed by atoms with Crippen molar-refractivity contribution in [1.29, 1.82) is 0 Å². The second kappa shape index (κ2) is 8.58. The molecule has 0 saturated carbocycles. The molecule has 0 bridgehead atoms. The minimum Gasteiger partial charge on any atom is -0.424 e. The number of aliphatic hydroxyl groups excluding tert-OH is 1. The lowest BCUT2D eigenvalue weighted by molar-refractivity contribution is -0.137. The van der Waals surface area contributed by atoms with Crippen LogP contribution >= 0.6 is 0 Å². The minimum absolute atomic E-state index is 0.00646. The highest BCUT2D eigenvalue weighted by Gasteiger charge is 2.30. The van der Waals surface area contributed by atoms with E-state index in [4.69, 9.17) is 15.2 Å². The molecule has 0 radical (unpaired) electrons. The van der Waals surface area contributed by atoms with Crippen LogP contribution in [-0.2, 0) is 10.9 Å². The molecule has 1 fully saturated rings. The first-order valence-electron chi connectivity index (χ1n) is 10.5. The fourth-order valence-electron chi connectivity index (χ4n) is 3.90. The fraction of sp³-hybridized carbons (Fsp3) is 0.261. The molecule has 1 aliphatic heterocycles. The summed E-state index contributed by atoms with van der Waals surface area (Å²) >= 11 is 0. The summed E-state index contributed by atoms with van der Waals surface area (Å²) in [6, 6.07) is 11.7. The van der Waals surface area contributed by atoms with E-state index in [0.717, 1.165) is 12.1 Å². The maximum Gasteiger partial charge on any atom is 0.416 e. The monoisotopic (exact) mass is 471 g/mol. The Labute approximate surface area is 191 Å². The van der Waals surface area contributed by atoms with Gasteiger partial charge in [-0.15, -0.1) is 0 Å². The molecule has 34 heavy (non-hydrogen) atoms. The number of nitrogens with zero attached hydrogens (tertiary/aromatic N) is 4. The molecule has 2 aromatic carbocycles. The Morgan fingerprint density at radius 3 is 2.59 bits per heavy atom. The number of benzene rings is 2. The van der Waals surface area contributed by atoms with Crippen molar-refractivity contribution >= 4 is 17.0 Å². The molecule has 0 spiro atoms. The van der Waals surface area contributed by atoms with E-state index in [1.54, 1.807) is 35.2 Å². The number of aromatic nitrogens is 4. The van der Waals surface area contributed by atoms with Gasteiger partial charge >= 0.3 is 12.2 Å². The van der Waals surface area contributed by atoms with Gasteiger partial charge in [0.1, 0.15) is 12.0 Å². The number of fused-ring (bicyclic) bond motifs is 1. The molecule has 1 saturated heterocycles. The Morgan fingerprint density at radius 1 is 1.09 bits per heavy atom. The number of halogens is 3. The maximum absolute atomic E-state index is 12.8. The standard InChI is InChI=1S/C23H20F3N5O3/c24-23(25,26)15-6-4-13(5-7-15)14-2-1-3-16(10-14)34-22-29-20(27)19-21(30-22)31(12-28-19)18-9-8-17(11-32)33-18/h1-7,10,12,17-18,32H,8-9,11H2,(H2,27,29,30). The predicted molar refractivity (Wildman–Crippen MR) is 117 cm³/mol. The molecule has 11 heteroatoms. The Balaban J connectivity index is 1.42.